The van der Waals surface area contributed by atoms with E-state index in [1.54, 1.807) is 0 Å². The van der Waals surface area contributed by atoms with Crippen LogP contribution in [0.5, 0.6) is 0 Å². The Morgan fingerprint density at radius 3 is 3.00 bits per heavy atom. The molecule has 1 unspecified atom stereocenters. The molecule has 0 saturated heterocycles. The first-order chi connectivity index (χ1) is 6.77. The molecule has 0 amide bonds. The lowest BCUT2D eigenvalue weighted by Crippen LogP contribution is -1.93. The van der Waals surface area contributed by atoms with Gasteiger partial charge in [0.15, 0.2) is 0 Å². The normalized spacial score (nSPS) is 18.4. The molecule has 0 fully saturated rings. The maximum absolute atomic E-state index is 9.49. The van der Waals surface area contributed by atoms with Crippen LogP contribution in [0.1, 0.15) is 37.0 Å². The van der Waals surface area contributed by atoms with Crippen LogP contribution in [0.2, 0.25) is 0 Å². The fraction of sp³-hybridized carbons (Fsp3) is 0.500. The zero-order valence-corrected chi connectivity index (χ0v) is 9.31. The minimum atomic E-state index is -0.343. The molecule has 0 aliphatic carbocycles. The Balaban J connectivity index is 2.32. The molecule has 0 bridgehead atoms. The summed E-state index contributed by atoms with van der Waals surface area (Å²) in [6.07, 6.45) is 3.46. The maximum atomic E-state index is 9.49. The molecule has 2 rings (SSSR count). The lowest BCUT2D eigenvalue weighted by molar-refractivity contribution is 0.199. The SMILES string of the molecule is CC(O)c1ccc2c(c1)SCCCC2. The van der Waals surface area contributed by atoms with Crippen molar-refractivity contribution in [2.45, 2.75) is 37.2 Å². The van der Waals surface area contributed by atoms with E-state index in [-0.39, 0.29) is 6.10 Å². The average Bonchev–Trinajstić information content (AvgIpc) is 2.41. The second-order valence-electron chi connectivity index (χ2n) is 3.85. The molecular weight excluding hydrogens is 192 g/mol. The lowest BCUT2D eigenvalue weighted by Gasteiger charge is -2.09. The van der Waals surface area contributed by atoms with Crippen LogP contribution in [0.25, 0.3) is 0 Å². The van der Waals surface area contributed by atoms with Gasteiger partial charge in [-0.2, -0.15) is 0 Å². The fourth-order valence-electron chi connectivity index (χ4n) is 1.77. The molecule has 1 aromatic rings. The van der Waals surface area contributed by atoms with Crippen molar-refractivity contribution in [2.24, 2.45) is 0 Å². The summed E-state index contributed by atoms with van der Waals surface area (Å²) < 4.78 is 0. The van der Waals surface area contributed by atoms with E-state index in [9.17, 15) is 5.11 Å². The summed E-state index contributed by atoms with van der Waals surface area (Å²) in [6.45, 7) is 1.82. The van der Waals surface area contributed by atoms with Crippen LogP contribution in [0, 0.1) is 0 Å². The molecule has 0 aromatic heterocycles. The predicted octanol–water partition coefficient (Wildman–Crippen LogP) is 3.17. The molecule has 1 atom stereocenters. The van der Waals surface area contributed by atoms with Crippen LogP contribution in [-0.2, 0) is 6.42 Å². The second kappa shape index (κ2) is 4.37. The Kier molecular flexibility index (Phi) is 3.14. The first-order valence-electron chi connectivity index (χ1n) is 5.21. The van der Waals surface area contributed by atoms with E-state index in [0.29, 0.717) is 0 Å². The minimum absolute atomic E-state index is 0.343. The van der Waals surface area contributed by atoms with Crippen LogP contribution in [-0.4, -0.2) is 10.9 Å². The third-order valence-electron chi connectivity index (χ3n) is 2.67. The van der Waals surface area contributed by atoms with E-state index in [2.05, 4.69) is 18.2 Å². The summed E-state index contributed by atoms with van der Waals surface area (Å²) in [4.78, 5) is 1.38. The van der Waals surface area contributed by atoms with Crippen molar-refractivity contribution in [3.05, 3.63) is 29.3 Å². The fourth-order valence-corrected chi connectivity index (χ4v) is 2.91. The number of aliphatic hydroxyl groups excluding tert-OH is 1. The van der Waals surface area contributed by atoms with Crippen molar-refractivity contribution in [1.82, 2.24) is 0 Å². The summed E-state index contributed by atoms with van der Waals surface area (Å²) in [6, 6.07) is 6.38. The molecule has 1 aliphatic rings. The molecule has 1 aromatic carbocycles. The van der Waals surface area contributed by atoms with Crippen molar-refractivity contribution in [1.29, 1.82) is 0 Å². The number of thioether (sulfide) groups is 1. The Labute approximate surface area is 89.5 Å². The molecule has 2 heteroatoms. The van der Waals surface area contributed by atoms with Gasteiger partial charge in [-0.05, 0) is 49.1 Å². The standard InChI is InChI=1S/C12H16OS/c1-9(13)11-6-5-10-4-2-3-7-14-12(10)8-11/h5-6,8-9,13H,2-4,7H2,1H3. The van der Waals surface area contributed by atoms with Crippen molar-refractivity contribution < 1.29 is 5.11 Å². The zero-order valence-electron chi connectivity index (χ0n) is 8.49. The van der Waals surface area contributed by atoms with Gasteiger partial charge in [0.25, 0.3) is 0 Å². The summed E-state index contributed by atoms with van der Waals surface area (Å²) >= 11 is 1.93. The zero-order chi connectivity index (χ0) is 9.97. The smallest absolute Gasteiger partial charge is 0.0762 e. The Bertz CT molecular complexity index is 320. The highest BCUT2D eigenvalue weighted by Crippen LogP contribution is 2.31. The van der Waals surface area contributed by atoms with Gasteiger partial charge in [0.05, 0.1) is 6.10 Å². The van der Waals surface area contributed by atoms with Crippen LogP contribution >= 0.6 is 11.8 Å². The summed E-state index contributed by atoms with van der Waals surface area (Å²) in [5, 5.41) is 9.49. The quantitative estimate of drug-likeness (QED) is 0.765. The van der Waals surface area contributed by atoms with Gasteiger partial charge in [-0.1, -0.05) is 12.1 Å². The molecule has 76 valence electrons. The lowest BCUT2D eigenvalue weighted by atomic mass is 10.0. The van der Waals surface area contributed by atoms with E-state index in [1.807, 2.05) is 18.7 Å². The molecule has 1 heterocycles. The predicted molar refractivity (Wildman–Crippen MR) is 60.7 cm³/mol. The molecular formula is C12H16OS. The first kappa shape index (κ1) is 10.1. The van der Waals surface area contributed by atoms with E-state index >= 15 is 0 Å². The second-order valence-corrected chi connectivity index (χ2v) is 4.99. The van der Waals surface area contributed by atoms with Gasteiger partial charge < -0.3 is 5.11 Å². The van der Waals surface area contributed by atoms with Crippen LogP contribution in [0.15, 0.2) is 23.1 Å². The van der Waals surface area contributed by atoms with E-state index in [1.165, 1.54) is 35.5 Å². The van der Waals surface area contributed by atoms with Crippen molar-refractivity contribution in [3.8, 4) is 0 Å². The number of aliphatic hydroxyl groups is 1. The molecule has 0 radical (unpaired) electrons. The molecule has 1 nitrogen and oxygen atoms in total. The Hall–Kier alpha value is -0.470. The number of hydrogen-bond acceptors (Lipinski definition) is 2. The topological polar surface area (TPSA) is 20.2 Å². The molecule has 1 aliphatic heterocycles. The Morgan fingerprint density at radius 2 is 2.21 bits per heavy atom. The summed E-state index contributed by atoms with van der Waals surface area (Å²) in [7, 11) is 0. The molecule has 14 heavy (non-hydrogen) atoms. The highest BCUT2D eigenvalue weighted by Gasteiger charge is 2.10. The number of hydrogen-bond donors (Lipinski definition) is 1. The first-order valence-corrected chi connectivity index (χ1v) is 6.19. The van der Waals surface area contributed by atoms with Gasteiger partial charge in [0, 0.05) is 4.90 Å². The average molecular weight is 208 g/mol. The summed E-state index contributed by atoms with van der Waals surface area (Å²) in [5.41, 5.74) is 2.50. The molecule has 0 saturated carbocycles. The molecule has 1 N–H and O–H groups in total. The number of fused-ring (bicyclic) bond motifs is 1. The third kappa shape index (κ3) is 2.12. The number of rotatable bonds is 1. The van der Waals surface area contributed by atoms with Crippen LogP contribution < -0.4 is 0 Å². The highest BCUT2D eigenvalue weighted by molar-refractivity contribution is 7.99. The van der Waals surface area contributed by atoms with Gasteiger partial charge in [-0.25, -0.2) is 0 Å². The van der Waals surface area contributed by atoms with Crippen LogP contribution in [0.4, 0.5) is 0 Å². The third-order valence-corrected chi connectivity index (χ3v) is 3.86. The van der Waals surface area contributed by atoms with E-state index in [4.69, 9.17) is 0 Å². The largest absolute Gasteiger partial charge is 0.389 e. The minimum Gasteiger partial charge on any atom is -0.389 e. The van der Waals surface area contributed by atoms with E-state index in [0.717, 1.165) is 5.56 Å². The Morgan fingerprint density at radius 1 is 1.36 bits per heavy atom. The number of benzene rings is 1. The van der Waals surface area contributed by atoms with Crippen molar-refractivity contribution in [3.63, 3.8) is 0 Å². The maximum Gasteiger partial charge on any atom is 0.0762 e. The van der Waals surface area contributed by atoms with Gasteiger partial charge in [0.2, 0.25) is 0 Å². The van der Waals surface area contributed by atoms with Crippen molar-refractivity contribution in [2.75, 3.05) is 5.75 Å². The van der Waals surface area contributed by atoms with Gasteiger partial charge in [0.1, 0.15) is 0 Å². The van der Waals surface area contributed by atoms with E-state index < -0.39 is 0 Å². The monoisotopic (exact) mass is 208 g/mol. The molecule has 0 spiro atoms. The van der Waals surface area contributed by atoms with Crippen molar-refractivity contribution >= 4 is 11.8 Å². The van der Waals surface area contributed by atoms with Gasteiger partial charge in [-0.15, -0.1) is 11.8 Å². The highest BCUT2D eigenvalue weighted by atomic mass is 32.2. The van der Waals surface area contributed by atoms with Crippen LogP contribution in [0.3, 0.4) is 0 Å². The number of aryl methyl sites for hydroxylation is 1. The van der Waals surface area contributed by atoms with Gasteiger partial charge >= 0.3 is 0 Å². The summed E-state index contributed by atoms with van der Waals surface area (Å²) in [5.74, 6) is 1.22. The van der Waals surface area contributed by atoms with Gasteiger partial charge in [-0.3, -0.25) is 0 Å².